The molecule has 0 saturated heterocycles. The molecule has 1 heterocycles. The van der Waals surface area contributed by atoms with E-state index < -0.39 is 0 Å². The second kappa shape index (κ2) is 2.37. The summed E-state index contributed by atoms with van der Waals surface area (Å²) in [6, 6.07) is 0. The Labute approximate surface area is 58.4 Å². The molecule has 0 spiro atoms. The van der Waals surface area contributed by atoms with Crippen LogP contribution in [0.15, 0.2) is 6.20 Å². The van der Waals surface area contributed by atoms with Crippen LogP contribution in [0.25, 0.3) is 0 Å². The number of rotatable bonds is 1. The molecule has 0 fully saturated rings. The SMILES string of the molecule is Cn1c(CN)cnc1Cl. The molecule has 0 unspecified atom stereocenters. The van der Waals surface area contributed by atoms with Crippen LogP contribution < -0.4 is 5.73 Å². The van der Waals surface area contributed by atoms with Crippen molar-refractivity contribution in [3.05, 3.63) is 17.2 Å². The fraction of sp³-hybridized carbons (Fsp3) is 0.400. The summed E-state index contributed by atoms with van der Waals surface area (Å²) < 4.78 is 1.75. The quantitative estimate of drug-likeness (QED) is 0.627. The average Bonchev–Trinajstić information content (AvgIpc) is 2.15. The van der Waals surface area contributed by atoms with E-state index >= 15 is 0 Å². The van der Waals surface area contributed by atoms with Crippen molar-refractivity contribution in [2.24, 2.45) is 12.8 Å². The Kier molecular flexibility index (Phi) is 1.73. The lowest BCUT2D eigenvalue weighted by Gasteiger charge is -1.95. The Morgan fingerprint density at radius 1 is 1.89 bits per heavy atom. The van der Waals surface area contributed by atoms with Crippen molar-refractivity contribution < 1.29 is 0 Å². The lowest BCUT2D eigenvalue weighted by Crippen LogP contribution is -2.02. The third-order valence-electron chi connectivity index (χ3n) is 1.24. The highest BCUT2D eigenvalue weighted by Gasteiger charge is 1.99. The predicted octanol–water partition coefficient (Wildman–Crippen LogP) is 0.532. The molecule has 0 atom stereocenters. The van der Waals surface area contributed by atoms with Crippen LogP contribution in [0.3, 0.4) is 0 Å². The first-order valence-electron chi connectivity index (χ1n) is 2.62. The van der Waals surface area contributed by atoms with Crippen molar-refractivity contribution in [3.63, 3.8) is 0 Å². The first-order valence-corrected chi connectivity index (χ1v) is 2.99. The fourth-order valence-electron chi connectivity index (χ4n) is 0.609. The number of hydrogen-bond donors (Lipinski definition) is 1. The lowest BCUT2D eigenvalue weighted by molar-refractivity contribution is 0.821. The van der Waals surface area contributed by atoms with Crippen LogP contribution >= 0.6 is 11.6 Å². The van der Waals surface area contributed by atoms with Crippen molar-refractivity contribution >= 4 is 11.6 Å². The second-order valence-corrected chi connectivity index (χ2v) is 2.12. The fourth-order valence-corrected chi connectivity index (χ4v) is 0.766. The van der Waals surface area contributed by atoms with Gasteiger partial charge in [-0.25, -0.2) is 4.98 Å². The third-order valence-corrected chi connectivity index (χ3v) is 1.59. The van der Waals surface area contributed by atoms with E-state index in [1.165, 1.54) is 0 Å². The van der Waals surface area contributed by atoms with E-state index in [9.17, 15) is 0 Å². The summed E-state index contributed by atoms with van der Waals surface area (Å²) in [6.07, 6.45) is 1.67. The summed E-state index contributed by atoms with van der Waals surface area (Å²) in [5.74, 6) is 0. The summed E-state index contributed by atoms with van der Waals surface area (Å²) in [4.78, 5) is 3.84. The largest absolute Gasteiger partial charge is 0.325 e. The van der Waals surface area contributed by atoms with Gasteiger partial charge in [-0.1, -0.05) is 0 Å². The number of hydrogen-bond acceptors (Lipinski definition) is 2. The maximum Gasteiger partial charge on any atom is 0.202 e. The Morgan fingerprint density at radius 3 is 2.78 bits per heavy atom. The molecule has 0 amide bonds. The van der Waals surface area contributed by atoms with Crippen LogP contribution in [0.1, 0.15) is 5.69 Å². The van der Waals surface area contributed by atoms with Gasteiger partial charge >= 0.3 is 0 Å². The van der Waals surface area contributed by atoms with Gasteiger partial charge in [-0.3, -0.25) is 0 Å². The molecule has 0 aliphatic rings. The van der Waals surface area contributed by atoms with Crippen LogP contribution in [-0.4, -0.2) is 9.55 Å². The molecule has 1 rings (SSSR count). The number of nitrogens with zero attached hydrogens (tertiary/aromatic N) is 2. The zero-order valence-electron chi connectivity index (χ0n) is 5.13. The van der Waals surface area contributed by atoms with Crippen molar-refractivity contribution in [2.45, 2.75) is 6.54 Å². The van der Waals surface area contributed by atoms with Gasteiger partial charge in [0.25, 0.3) is 0 Å². The van der Waals surface area contributed by atoms with Crippen molar-refractivity contribution in [3.8, 4) is 0 Å². The van der Waals surface area contributed by atoms with Crippen molar-refractivity contribution in [2.75, 3.05) is 0 Å². The average molecular weight is 146 g/mol. The number of halogens is 1. The van der Waals surface area contributed by atoms with Gasteiger partial charge in [0.1, 0.15) is 0 Å². The van der Waals surface area contributed by atoms with E-state index in [2.05, 4.69) is 4.98 Å². The minimum atomic E-state index is 0.482. The monoisotopic (exact) mass is 145 g/mol. The number of imidazole rings is 1. The summed E-state index contributed by atoms with van der Waals surface area (Å²) in [6.45, 7) is 0.482. The van der Waals surface area contributed by atoms with Crippen LogP contribution in [0, 0.1) is 0 Å². The molecule has 0 aliphatic heterocycles. The second-order valence-electron chi connectivity index (χ2n) is 1.78. The number of nitrogens with two attached hydrogens (primary N) is 1. The highest BCUT2D eigenvalue weighted by molar-refractivity contribution is 6.28. The van der Waals surface area contributed by atoms with E-state index in [1.807, 2.05) is 7.05 Å². The molecule has 2 N–H and O–H groups in total. The molecule has 4 heteroatoms. The standard InChI is InChI=1S/C5H8ClN3/c1-9-4(2-7)3-8-5(9)6/h3H,2,7H2,1H3. The van der Waals surface area contributed by atoms with Gasteiger partial charge in [-0.15, -0.1) is 0 Å². The highest BCUT2D eigenvalue weighted by Crippen LogP contribution is 2.06. The Balaban J connectivity index is 3.04. The molecule has 0 bridgehead atoms. The van der Waals surface area contributed by atoms with Gasteiger partial charge < -0.3 is 10.3 Å². The molecule has 9 heavy (non-hydrogen) atoms. The van der Waals surface area contributed by atoms with E-state index in [0.29, 0.717) is 11.8 Å². The van der Waals surface area contributed by atoms with E-state index in [-0.39, 0.29) is 0 Å². The first kappa shape index (κ1) is 6.58. The molecular weight excluding hydrogens is 138 g/mol. The van der Waals surface area contributed by atoms with E-state index in [1.54, 1.807) is 10.8 Å². The Morgan fingerprint density at radius 2 is 2.56 bits per heavy atom. The highest BCUT2D eigenvalue weighted by atomic mass is 35.5. The summed E-state index contributed by atoms with van der Waals surface area (Å²) >= 11 is 5.60. The zero-order chi connectivity index (χ0) is 6.85. The normalized spacial score (nSPS) is 10.1. The van der Waals surface area contributed by atoms with Crippen LogP contribution in [0.5, 0.6) is 0 Å². The van der Waals surface area contributed by atoms with Gasteiger partial charge in [0.15, 0.2) is 0 Å². The van der Waals surface area contributed by atoms with E-state index in [4.69, 9.17) is 17.3 Å². The Bertz CT molecular complexity index is 206. The van der Waals surface area contributed by atoms with Gasteiger partial charge in [0.05, 0.1) is 11.9 Å². The van der Waals surface area contributed by atoms with Crippen LogP contribution in [-0.2, 0) is 13.6 Å². The van der Waals surface area contributed by atoms with Crippen molar-refractivity contribution in [1.82, 2.24) is 9.55 Å². The van der Waals surface area contributed by atoms with Gasteiger partial charge in [-0.2, -0.15) is 0 Å². The molecule has 50 valence electrons. The van der Waals surface area contributed by atoms with Crippen LogP contribution in [0.2, 0.25) is 5.28 Å². The van der Waals surface area contributed by atoms with Gasteiger partial charge in [0.2, 0.25) is 5.28 Å². The molecule has 1 aromatic rings. The maximum absolute atomic E-state index is 5.60. The molecule has 0 aliphatic carbocycles. The minimum Gasteiger partial charge on any atom is -0.325 e. The van der Waals surface area contributed by atoms with Crippen LogP contribution in [0.4, 0.5) is 0 Å². The zero-order valence-corrected chi connectivity index (χ0v) is 5.89. The topological polar surface area (TPSA) is 43.8 Å². The van der Waals surface area contributed by atoms with Gasteiger partial charge in [0, 0.05) is 13.6 Å². The minimum absolute atomic E-state index is 0.482. The molecule has 0 radical (unpaired) electrons. The smallest absolute Gasteiger partial charge is 0.202 e. The molecule has 1 aromatic heterocycles. The first-order chi connectivity index (χ1) is 4.25. The van der Waals surface area contributed by atoms with Crippen molar-refractivity contribution in [1.29, 1.82) is 0 Å². The Hall–Kier alpha value is -0.540. The van der Waals surface area contributed by atoms with Gasteiger partial charge in [-0.05, 0) is 11.6 Å². The predicted molar refractivity (Wildman–Crippen MR) is 36.1 cm³/mol. The van der Waals surface area contributed by atoms with E-state index in [0.717, 1.165) is 5.69 Å². The maximum atomic E-state index is 5.60. The molecule has 0 aromatic carbocycles. The summed E-state index contributed by atoms with van der Waals surface area (Å²) in [5.41, 5.74) is 6.29. The third kappa shape index (κ3) is 1.06. The molecule has 0 saturated carbocycles. The number of aromatic nitrogens is 2. The lowest BCUT2D eigenvalue weighted by atomic mass is 10.5. The molecule has 3 nitrogen and oxygen atoms in total. The summed E-state index contributed by atoms with van der Waals surface area (Å²) in [7, 11) is 1.83. The summed E-state index contributed by atoms with van der Waals surface area (Å²) in [5, 5.41) is 0.482. The molecular formula is C5H8ClN3.